The van der Waals surface area contributed by atoms with Crippen LogP contribution in [0.4, 0.5) is 14.7 Å². The number of nitrogens with two attached hydrogens (primary N) is 1. The Hall–Kier alpha value is -1.76. The number of hydrogen-bond acceptors (Lipinski definition) is 4. The lowest BCUT2D eigenvalue weighted by atomic mass is 10.3. The number of halogens is 2. The summed E-state index contributed by atoms with van der Waals surface area (Å²) in [5.41, 5.74) is 6.51. The van der Waals surface area contributed by atoms with Gasteiger partial charge in [0.05, 0.1) is 13.1 Å². The average Bonchev–Trinajstić information content (AvgIpc) is 2.71. The van der Waals surface area contributed by atoms with E-state index in [9.17, 15) is 8.78 Å². The Balaban J connectivity index is 2.18. The Morgan fingerprint density at radius 3 is 2.94 bits per heavy atom. The van der Waals surface area contributed by atoms with Gasteiger partial charge in [0.2, 0.25) is 5.95 Å². The molecule has 7 heteroatoms. The molecule has 0 saturated heterocycles. The van der Waals surface area contributed by atoms with E-state index < -0.39 is 19.0 Å². The van der Waals surface area contributed by atoms with Gasteiger partial charge in [0.15, 0.2) is 5.65 Å². The van der Waals surface area contributed by atoms with Crippen LogP contribution in [0.1, 0.15) is 5.56 Å². The molecule has 0 amide bonds. The number of pyridine rings is 1. The van der Waals surface area contributed by atoms with E-state index in [2.05, 4.69) is 15.4 Å². The zero-order chi connectivity index (χ0) is 12.5. The van der Waals surface area contributed by atoms with Crippen LogP contribution in [0.5, 0.6) is 0 Å². The maximum Gasteiger partial charge on any atom is 0.277 e. The molecule has 0 aliphatic carbocycles. The van der Waals surface area contributed by atoms with Crippen molar-refractivity contribution in [3.05, 3.63) is 23.9 Å². The minimum Gasteiger partial charge on any atom is -0.347 e. The van der Waals surface area contributed by atoms with Crippen molar-refractivity contribution in [2.24, 2.45) is 5.73 Å². The van der Waals surface area contributed by atoms with Crippen molar-refractivity contribution >= 4 is 11.6 Å². The molecule has 17 heavy (non-hydrogen) atoms. The standard InChI is InChI=1S/C10H13F2N5/c1-7-3-2-4-17-8(7)15-9(16-17)14-6-10(11,12)5-13/h2-4H,5-6,13H2,1H3,(H,14,16). The lowest BCUT2D eigenvalue weighted by molar-refractivity contribution is 0.0252. The normalized spacial score (nSPS) is 12.0. The second kappa shape index (κ2) is 4.25. The van der Waals surface area contributed by atoms with Crippen molar-refractivity contribution < 1.29 is 8.78 Å². The lowest BCUT2D eigenvalue weighted by Gasteiger charge is -2.12. The average molecular weight is 241 g/mol. The summed E-state index contributed by atoms with van der Waals surface area (Å²) in [6.45, 7) is 0.605. The van der Waals surface area contributed by atoms with Crippen LogP contribution in [0, 0.1) is 6.92 Å². The molecule has 0 aromatic carbocycles. The molecule has 0 saturated carbocycles. The van der Waals surface area contributed by atoms with E-state index in [1.165, 1.54) is 4.52 Å². The molecular formula is C10H13F2N5. The maximum absolute atomic E-state index is 12.9. The summed E-state index contributed by atoms with van der Waals surface area (Å²) in [5.74, 6) is -2.78. The molecule has 0 atom stereocenters. The Morgan fingerprint density at radius 2 is 2.29 bits per heavy atom. The maximum atomic E-state index is 12.9. The Kier molecular flexibility index (Phi) is 2.93. The lowest BCUT2D eigenvalue weighted by Crippen LogP contribution is -2.35. The predicted molar refractivity (Wildman–Crippen MR) is 60.2 cm³/mol. The molecule has 92 valence electrons. The van der Waals surface area contributed by atoms with Gasteiger partial charge in [-0.15, -0.1) is 5.10 Å². The summed E-state index contributed by atoms with van der Waals surface area (Å²) in [4.78, 5) is 4.12. The van der Waals surface area contributed by atoms with Crippen molar-refractivity contribution in [2.45, 2.75) is 12.8 Å². The van der Waals surface area contributed by atoms with Crippen molar-refractivity contribution in [2.75, 3.05) is 18.4 Å². The SMILES string of the molecule is Cc1cccn2nc(NCC(F)(F)CN)nc12. The number of rotatable bonds is 4. The highest BCUT2D eigenvalue weighted by atomic mass is 19.3. The number of nitrogens with one attached hydrogen (secondary N) is 1. The first kappa shape index (κ1) is 11.7. The van der Waals surface area contributed by atoms with Gasteiger partial charge in [0, 0.05) is 6.20 Å². The van der Waals surface area contributed by atoms with E-state index in [0.717, 1.165) is 5.56 Å². The van der Waals surface area contributed by atoms with Crippen LogP contribution < -0.4 is 11.1 Å². The quantitative estimate of drug-likeness (QED) is 0.839. The minimum atomic E-state index is -2.95. The van der Waals surface area contributed by atoms with Crippen LogP contribution >= 0.6 is 0 Å². The summed E-state index contributed by atoms with van der Waals surface area (Å²) >= 11 is 0. The Bertz CT molecular complexity index is 522. The Labute approximate surface area is 96.6 Å². The predicted octanol–water partition coefficient (Wildman–Crippen LogP) is 1.04. The first-order valence-corrected chi connectivity index (χ1v) is 5.15. The second-order valence-corrected chi connectivity index (χ2v) is 3.81. The van der Waals surface area contributed by atoms with Gasteiger partial charge in [-0.25, -0.2) is 13.3 Å². The van der Waals surface area contributed by atoms with Crippen LogP contribution in [0.3, 0.4) is 0 Å². The van der Waals surface area contributed by atoms with E-state index in [0.29, 0.717) is 5.65 Å². The van der Waals surface area contributed by atoms with Gasteiger partial charge in [-0.3, -0.25) is 0 Å². The van der Waals surface area contributed by atoms with Crippen LogP contribution in [0.25, 0.3) is 5.65 Å². The highest BCUT2D eigenvalue weighted by Crippen LogP contribution is 2.13. The van der Waals surface area contributed by atoms with E-state index >= 15 is 0 Å². The fourth-order valence-corrected chi connectivity index (χ4v) is 1.39. The van der Waals surface area contributed by atoms with E-state index in [-0.39, 0.29) is 5.95 Å². The first-order chi connectivity index (χ1) is 8.02. The monoisotopic (exact) mass is 241 g/mol. The van der Waals surface area contributed by atoms with Gasteiger partial charge >= 0.3 is 0 Å². The van der Waals surface area contributed by atoms with Crippen molar-refractivity contribution in [3.8, 4) is 0 Å². The molecule has 2 rings (SSSR count). The zero-order valence-electron chi connectivity index (χ0n) is 9.32. The fraction of sp³-hybridized carbons (Fsp3) is 0.400. The summed E-state index contributed by atoms with van der Waals surface area (Å²) in [7, 11) is 0. The van der Waals surface area contributed by atoms with Crippen molar-refractivity contribution in [1.29, 1.82) is 0 Å². The third-order valence-electron chi connectivity index (χ3n) is 2.36. The van der Waals surface area contributed by atoms with Gasteiger partial charge in [-0.1, -0.05) is 6.07 Å². The molecule has 0 bridgehead atoms. The van der Waals surface area contributed by atoms with Crippen LogP contribution in [-0.2, 0) is 0 Å². The molecule has 2 heterocycles. The summed E-state index contributed by atoms with van der Waals surface area (Å²) < 4.78 is 27.4. The molecule has 0 fully saturated rings. The molecule has 3 N–H and O–H groups in total. The first-order valence-electron chi connectivity index (χ1n) is 5.15. The topological polar surface area (TPSA) is 68.2 Å². The van der Waals surface area contributed by atoms with Crippen LogP contribution in [0.2, 0.25) is 0 Å². The third-order valence-corrected chi connectivity index (χ3v) is 2.36. The number of anilines is 1. The van der Waals surface area contributed by atoms with Gasteiger partial charge in [0.1, 0.15) is 0 Å². The second-order valence-electron chi connectivity index (χ2n) is 3.81. The molecule has 0 unspecified atom stereocenters. The highest BCUT2D eigenvalue weighted by Gasteiger charge is 2.26. The van der Waals surface area contributed by atoms with Gasteiger partial charge in [-0.05, 0) is 18.6 Å². The van der Waals surface area contributed by atoms with E-state index in [4.69, 9.17) is 5.73 Å². The van der Waals surface area contributed by atoms with Crippen molar-refractivity contribution in [3.63, 3.8) is 0 Å². The molecule has 0 aliphatic heterocycles. The minimum absolute atomic E-state index is 0.174. The Morgan fingerprint density at radius 1 is 1.53 bits per heavy atom. The van der Waals surface area contributed by atoms with E-state index in [1.807, 2.05) is 19.1 Å². The number of aryl methyl sites for hydroxylation is 1. The largest absolute Gasteiger partial charge is 0.347 e. The zero-order valence-corrected chi connectivity index (χ0v) is 9.32. The molecule has 2 aromatic heterocycles. The molecule has 0 aliphatic rings. The van der Waals surface area contributed by atoms with Crippen molar-refractivity contribution in [1.82, 2.24) is 14.6 Å². The summed E-state index contributed by atoms with van der Waals surface area (Å²) in [6, 6.07) is 3.69. The third kappa shape index (κ3) is 2.50. The molecule has 5 nitrogen and oxygen atoms in total. The smallest absolute Gasteiger partial charge is 0.277 e. The van der Waals surface area contributed by atoms with Gasteiger partial charge in [0.25, 0.3) is 5.92 Å². The molecule has 0 spiro atoms. The molecule has 0 radical (unpaired) electrons. The number of hydrogen-bond donors (Lipinski definition) is 2. The number of aromatic nitrogens is 3. The van der Waals surface area contributed by atoms with E-state index in [1.54, 1.807) is 6.20 Å². The van der Waals surface area contributed by atoms with Crippen LogP contribution in [-0.4, -0.2) is 33.6 Å². The van der Waals surface area contributed by atoms with Crippen LogP contribution in [0.15, 0.2) is 18.3 Å². The van der Waals surface area contributed by atoms with Gasteiger partial charge in [-0.2, -0.15) is 4.98 Å². The molecular weight excluding hydrogens is 228 g/mol. The summed E-state index contributed by atoms with van der Waals surface area (Å²) in [5, 5.41) is 6.51. The fourth-order valence-electron chi connectivity index (χ4n) is 1.39. The number of nitrogens with zero attached hydrogens (tertiary/aromatic N) is 3. The number of alkyl halides is 2. The number of fused-ring (bicyclic) bond motifs is 1. The summed E-state index contributed by atoms with van der Waals surface area (Å²) in [6.07, 6.45) is 1.71. The molecule has 2 aromatic rings. The highest BCUT2D eigenvalue weighted by molar-refractivity contribution is 5.49. The van der Waals surface area contributed by atoms with Gasteiger partial charge < -0.3 is 11.1 Å².